The lowest BCUT2D eigenvalue weighted by Crippen LogP contribution is -2.16. The highest BCUT2D eigenvalue weighted by molar-refractivity contribution is 5.99. The molecule has 1 unspecified atom stereocenters. The maximum Gasteiger partial charge on any atom is 0.252 e. The van der Waals surface area contributed by atoms with Crippen LogP contribution >= 0.6 is 0 Å². The smallest absolute Gasteiger partial charge is 0.252 e. The first kappa shape index (κ1) is 20.7. The summed E-state index contributed by atoms with van der Waals surface area (Å²) in [5.41, 5.74) is 4.66. The van der Waals surface area contributed by atoms with E-state index in [1.807, 2.05) is 55.5 Å². The van der Waals surface area contributed by atoms with Crippen LogP contribution in [0.4, 0.5) is 17.2 Å². The molecule has 0 fully saturated rings. The number of hydrogen-bond acceptors (Lipinski definition) is 8. The van der Waals surface area contributed by atoms with Crippen LogP contribution in [0.15, 0.2) is 71.6 Å². The highest BCUT2D eigenvalue weighted by Crippen LogP contribution is 2.33. The predicted octanol–water partition coefficient (Wildman–Crippen LogP) is 3.83. The third kappa shape index (κ3) is 4.13. The average Bonchev–Trinajstić information content (AvgIpc) is 3.46. The summed E-state index contributed by atoms with van der Waals surface area (Å²) >= 11 is 0. The number of nitrogens with zero attached hydrogens (tertiary/aromatic N) is 3. The minimum Gasteiger partial charge on any atom is -0.423 e. The molecule has 0 radical (unpaired) electrons. The minimum absolute atomic E-state index is 0.0458. The van der Waals surface area contributed by atoms with Gasteiger partial charge in [0.1, 0.15) is 5.82 Å². The van der Waals surface area contributed by atoms with Gasteiger partial charge in [-0.2, -0.15) is 0 Å². The molecule has 0 saturated carbocycles. The Hall–Kier alpha value is -4.24. The molecule has 1 aliphatic heterocycles. The average molecular weight is 442 g/mol. The topological polar surface area (TPSA) is 125 Å². The van der Waals surface area contributed by atoms with E-state index in [1.54, 1.807) is 12.3 Å². The van der Waals surface area contributed by atoms with Crippen LogP contribution in [0.3, 0.4) is 0 Å². The van der Waals surface area contributed by atoms with Crippen LogP contribution in [0.25, 0.3) is 11.5 Å². The fourth-order valence-electron chi connectivity index (χ4n) is 3.92. The number of pyridine rings is 1. The number of aromatic nitrogens is 3. The van der Waals surface area contributed by atoms with Crippen molar-refractivity contribution in [1.29, 1.82) is 0 Å². The van der Waals surface area contributed by atoms with E-state index in [0.717, 1.165) is 16.8 Å². The van der Waals surface area contributed by atoms with E-state index in [9.17, 15) is 9.90 Å². The summed E-state index contributed by atoms with van der Waals surface area (Å²) in [6, 6.07) is 16.7. The number of aliphatic hydroxyl groups is 1. The normalized spacial score (nSPS) is 15.6. The van der Waals surface area contributed by atoms with Crippen LogP contribution in [-0.4, -0.2) is 32.8 Å². The van der Waals surface area contributed by atoms with Crippen LogP contribution < -0.4 is 16.0 Å². The molecule has 2 atom stereocenters. The first-order valence-corrected chi connectivity index (χ1v) is 10.5. The molecule has 0 saturated heterocycles. The lowest BCUT2D eigenvalue weighted by atomic mass is 10.0. The molecule has 2 aromatic carbocycles. The second-order valence-corrected chi connectivity index (χ2v) is 7.77. The SMILES string of the molecule is CC1NC(=O)c2ccc(Nc3cc(N[C@H](CO)c4ccccc4)c(-c4nnco4)cn3)cc21. The fraction of sp³-hybridized carbons (Fsp3) is 0.167. The number of hydrogen-bond donors (Lipinski definition) is 4. The second kappa shape index (κ2) is 8.71. The molecule has 3 heterocycles. The Morgan fingerprint density at radius 1 is 1.15 bits per heavy atom. The summed E-state index contributed by atoms with van der Waals surface area (Å²) in [5, 5.41) is 27.4. The van der Waals surface area contributed by atoms with Crippen molar-refractivity contribution in [3.8, 4) is 11.5 Å². The standard InChI is InChI=1S/C24H22N6O3/c1-14-18-9-16(7-8-17(18)23(32)27-14)28-22-10-20(19(11-25-22)24-30-26-13-33-24)29-21(12-31)15-5-3-2-4-6-15/h2-11,13-14,21,31H,12H2,1H3,(H,27,32)(H2,25,28,29)/t14?,21-/m1/s1. The van der Waals surface area contributed by atoms with Crippen molar-refractivity contribution in [1.82, 2.24) is 20.5 Å². The van der Waals surface area contributed by atoms with E-state index in [2.05, 4.69) is 31.1 Å². The third-order valence-corrected chi connectivity index (χ3v) is 5.59. The number of carbonyl (C=O) groups is 1. The molecule has 0 spiro atoms. The van der Waals surface area contributed by atoms with E-state index in [1.165, 1.54) is 6.39 Å². The molecule has 4 N–H and O–H groups in total. The Morgan fingerprint density at radius 2 is 2.00 bits per heavy atom. The molecule has 4 aromatic rings. The van der Waals surface area contributed by atoms with E-state index in [0.29, 0.717) is 28.5 Å². The van der Waals surface area contributed by atoms with Gasteiger partial charge in [0.25, 0.3) is 11.8 Å². The molecule has 2 aromatic heterocycles. The highest BCUT2D eigenvalue weighted by Gasteiger charge is 2.25. The Kier molecular flexibility index (Phi) is 5.45. The largest absolute Gasteiger partial charge is 0.423 e. The van der Waals surface area contributed by atoms with Gasteiger partial charge in [0.2, 0.25) is 6.39 Å². The quantitative estimate of drug-likeness (QED) is 0.340. The Balaban J connectivity index is 1.47. The summed E-state index contributed by atoms with van der Waals surface area (Å²) in [6.07, 6.45) is 2.89. The summed E-state index contributed by atoms with van der Waals surface area (Å²) in [5.74, 6) is 0.834. The molecule has 1 amide bonds. The Labute approximate surface area is 189 Å². The van der Waals surface area contributed by atoms with E-state index in [-0.39, 0.29) is 24.6 Å². The van der Waals surface area contributed by atoms with Crippen molar-refractivity contribution >= 4 is 23.1 Å². The van der Waals surface area contributed by atoms with Crippen molar-refractivity contribution in [3.05, 3.63) is 83.9 Å². The highest BCUT2D eigenvalue weighted by atomic mass is 16.4. The van der Waals surface area contributed by atoms with Gasteiger partial charge in [0.15, 0.2) is 0 Å². The van der Waals surface area contributed by atoms with Crippen molar-refractivity contribution in [2.45, 2.75) is 19.0 Å². The third-order valence-electron chi connectivity index (χ3n) is 5.59. The Bertz CT molecular complexity index is 1280. The molecule has 9 heteroatoms. The molecule has 33 heavy (non-hydrogen) atoms. The molecule has 166 valence electrons. The van der Waals surface area contributed by atoms with Gasteiger partial charge >= 0.3 is 0 Å². The van der Waals surface area contributed by atoms with Gasteiger partial charge in [-0.05, 0) is 36.2 Å². The Morgan fingerprint density at radius 3 is 2.76 bits per heavy atom. The number of anilines is 3. The van der Waals surface area contributed by atoms with Gasteiger partial charge in [-0.15, -0.1) is 10.2 Å². The van der Waals surface area contributed by atoms with Gasteiger partial charge in [-0.3, -0.25) is 4.79 Å². The fourth-order valence-corrected chi connectivity index (χ4v) is 3.92. The van der Waals surface area contributed by atoms with E-state index < -0.39 is 0 Å². The zero-order valence-electron chi connectivity index (χ0n) is 17.8. The molecule has 9 nitrogen and oxygen atoms in total. The summed E-state index contributed by atoms with van der Waals surface area (Å²) < 4.78 is 5.39. The molecule has 1 aliphatic rings. The van der Waals surface area contributed by atoms with Crippen molar-refractivity contribution in [2.24, 2.45) is 0 Å². The van der Waals surface area contributed by atoms with E-state index >= 15 is 0 Å². The summed E-state index contributed by atoms with van der Waals surface area (Å²) in [7, 11) is 0. The molecule has 5 rings (SSSR count). The van der Waals surface area contributed by atoms with Gasteiger partial charge in [-0.1, -0.05) is 30.3 Å². The first-order chi connectivity index (χ1) is 16.1. The van der Waals surface area contributed by atoms with Crippen LogP contribution in [0, 0.1) is 0 Å². The van der Waals surface area contributed by atoms with Gasteiger partial charge in [-0.25, -0.2) is 4.98 Å². The number of rotatable bonds is 7. The molecular formula is C24H22N6O3. The summed E-state index contributed by atoms with van der Waals surface area (Å²) in [4.78, 5) is 16.5. The van der Waals surface area contributed by atoms with Crippen molar-refractivity contribution in [3.63, 3.8) is 0 Å². The van der Waals surface area contributed by atoms with Crippen molar-refractivity contribution < 1.29 is 14.3 Å². The van der Waals surface area contributed by atoms with E-state index in [4.69, 9.17) is 4.42 Å². The van der Waals surface area contributed by atoms with Crippen LogP contribution in [-0.2, 0) is 0 Å². The maximum absolute atomic E-state index is 12.0. The summed E-state index contributed by atoms with van der Waals surface area (Å²) in [6.45, 7) is 1.84. The number of fused-ring (bicyclic) bond motifs is 1. The van der Waals surface area contributed by atoms with Crippen LogP contribution in [0.1, 0.15) is 40.5 Å². The first-order valence-electron chi connectivity index (χ1n) is 10.5. The predicted molar refractivity (Wildman–Crippen MR) is 123 cm³/mol. The lowest BCUT2D eigenvalue weighted by Gasteiger charge is -2.20. The van der Waals surface area contributed by atoms with Gasteiger partial charge < -0.3 is 25.5 Å². The number of carbonyl (C=O) groups excluding carboxylic acids is 1. The number of aliphatic hydroxyl groups excluding tert-OH is 1. The lowest BCUT2D eigenvalue weighted by molar-refractivity contribution is 0.0958. The van der Waals surface area contributed by atoms with Crippen LogP contribution in [0.2, 0.25) is 0 Å². The number of amides is 1. The second-order valence-electron chi connectivity index (χ2n) is 7.77. The van der Waals surface area contributed by atoms with Crippen molar-refractivity contribution in [2.75, 3.05) is 17.2 Å². The monoisotopic (exact) mass is 442 g/mol. The minimum atomic E-state index is -0.346. The molecule has 0 aliphatic carbocycles. The van der Waals surface area contributed by atoms with Gasteiger partial charge in [0.05, 0.1) is 29.9 Å². The van der Waals surface area contributed by atoms with Gasteiger partial charge in [0, 0.05) is 23.5 Å². The zero-order valence-corrected chi connectivity index (χ0v) is 17.8. The molecule has 0 bridgehead atoms. The number of nitrogens with one attached hydrogen (secondary N) is 3. The number of benzene rings is 2. The zero-order chi connectivity index (χ0) is 22.8. The molecular weight excluding hydrogens is 420 g/mol. The van der Waals surface area contributed by atoms with Crippen LogP contribution in [0.5, 0.6) is 0 Å². The maximum atomic E-state index is 12.0.